The average molecular weight is 359 g/mol. The zero-order chi connectivity index (χ0) is 19.4. The van der Waals surface area contributed by atoms with Crippen molar-refractivity contribution >= 4 is 12.0 Å². The van der Waals surface area contributed by atoms with Crippen LogP contribution in [-0.4, -0.2) is 27.6 Å². The molecule has 1 aromatic heterocycles. The maximum atomic E-state index is 12.6. The van der Waals surface area contributed by atoms with Crippen LogP contribution < -0.4 is 0 Å². The van der Waals surface area contributed by atoms with Gasteiger partial charge in [-0.25, -0.2) is 4.68 Å². The lowest BCUT2D eigenvalue weighted by molar-refractivity contribution is -0.126. The maximum absolute atomic E-state index is 12.6. The van der Waals surface area contributed by atoms with Crippen LogP contribution in [0.1, 0.15) is 35.5 Å². The lowest BCUT2D eigenvalue weighted by Gasteiger charge is -2.24. The molecule has 0 fully saturated rings. The third kappa shape index (κ3) is 4.00. The number of hydrogen-bond donors (Lipinski definition) is 0. The lowest BCUT2D eigenvalue weighted by Crippen LogP contribution is -2.27. The summed E-state index contributed by atoms with van der Waals surface area (Å²) in [7, 11) is 1.83. The summed E-state index contributed by atoms with van der Waals surface area (Å²) in [6, 6.07) is 20.1. The van der Waals surface area contributed by atoms with Crippen LogP contribution in [0, 0.1) is 13.8 Å². The molecule has 0 aliphatic rings. The second kappa shape index (κ2) is 8.04. The highest BCUT2D eigenvalue weighted by Gasteiger charge is 2.16. The summed E-state index contributed by atoms with van der Waals surface area (Å²) in [5.41, 5.74) is 5.03. The zero-order valence-corrected chi connectivity index (χ0v) is 16.3. The van der Waals surface area contributed by atoms with Gasteiger partial charge in [0.05, 0.1) is 17.4 Å². The van der Waals surface area contributed by atoms with Crippen LogP contribution in [0.5, 0.6) is 0 Å². The molecule has 0 N–H and O–H groups in total. The molecule has 4 nitrogen and oxygen atoms in total. The minimum absolute atomic E-state index is 0.0117. The molecule has 1 unspecified atom stereocenters. The third-order valence-electron chi connectivity index (χ3n) is 4.95. The van der Waals surface area contributed by atoms with E-state index in [1.54, 1.807) is 11.0 Å². The highest BCUT2D eigenvalue weighted by molar-refractivity contribution is 5.92. The number of amides is 1. The van der Waals surface area contributed by atoms with Gasteiger partial charge in [0.25, 0.3) is 0 Å². The molecule has 2 aromatic carbocycles. The van der Waals surface area contributed by atoms with Crippen LogP contribution in [0.2, 0.25) is 0 Å². The number of carbonyl (C=O) groups is 1. The number of nitrogens with zero attached hydrogens (tertiary/aromatic N) is 3. The van der Waals surface area contributed by atoms with Crippen LogP contribution in [0.25, 0.3) is 11.8 Å². The molecule has 0 saturated carbocycles. The van der Waals surface area contributed by atoms with E-state index in [1.165, 1.54) is 0 Å². The first-order valence-corrected chi connectivity index (χ1v) is 9.10. The molecule has 0 radical (unpaired) electrons. The predicted molar refractivity (Wildman–Crippen MR) is 110 cm³/mol. The molecular formula is C23H25N3O. The fourth-order valence-electron chi connectivity index (χ4n) is 3.13. The Kier molecular flexibility index (Phi) is 5.55. The van der Waals surface area contributed by atoms with Crippen LogP contribution in [0.15, 0.2) is 66.7 Å². The molecule has 138 valence electrons. The minimum Gasteiger partial charge on any atom is -0.335 e. The molecule has 1 heterocycles. The largest absolute Gasteiger partial charge is 0.335 e. The topological polar surface area (TPSA) is 38.1 Å². The van der Waals surface area contributed by atoms with Crippen molar-refractivity contribution in [2.75, 3.05) is 7.05 Å². The number of aryl methyl sites for hydroxylation is 1. The van der Waals surface area contributed by atoms with E-state index in [-0.39, 0.29) is 11.9 Å². The Morgan fingerprint density at radius 1 is 1.04 bits per heavy atom. The van der Waals surface area contributed by atoms with Crippen molar-refractivity contribution in [2.45, 2.75) is 26.8 Å². The van der Waals surface area contributed by atoms with Gasteiger partial charge in [-0.1, -0.05) is 48.5 Å². The van der Waals surface area contributed by atoms with Gasteiger partial charge in [0, 0.05) is 24.4 Å². The van der Waals surface area contributed by atoms with Crippen molar-refractivity contribution < 1.29 is 4.79 Å². The monoisotopic (exact) mass is 359 g/mol. The van der Waals surface area contributed by atoms with E-state index in [1.807, 2.05) is 99.2 Å². The molecule has 0 aliphatic carbocycles. The zero-order valence-electron chi connectivity index (χ0n) is 16.3. The molecule has 1 amide bonds. The van der Waals surface area contributed by atoms with E-state index < -0.39 is 0 Å². The first-order chi connectivity index (χ1) is 13.0. The molecule has 3 rings (SSSR count). The minimum atomic E-state index is -0.0300. The Hall–Kier alpha value is -3.14. The van der Waals surface area contributed by atoms with Gasteiger partial charge >= 0.3 is 0 Å². The van der Waals surface area contributed by atoms with Gasteiger partial charge in [-0.2, -0.15) is 5.10 Å². The van der Waals surface area contributed by atoms with Gasteiger partial charge in [-0.05, 0) is 44.5 Å². The molecule has 1 atom stereocenters. The molecular weight excluding hydrogens is 334 g/mol. The fraction of sp³-hybridized carbons (Fsp3) is 0.217. The molecule has 0 saturated heterocycles. The second-order valence-corrected chi connectivity index (χ2v) is 6.70. The lowest BCUT2D eigenvalue weighted by atomic mass is 10.1. The Balaban J connectivity index is 1.80. The highest BCUT2D eigenvalue weighted by Crippen LogP contribution is 2.21. The average Bonchev–Trinajstić information content (AvgIpc) is 3.00. The SMILES string of the molecule is Cc1nn(-c2ccccc2)c(C)c1/C=C/C(=O)N(C)C(C)c1ccccc1. The fourth-order valence-corrected chi connectivity index (χ4v) is 3.13. The summed E-state index contributed by atoms with van der Waals surface area (Å²) >= 11 is 0. The first-order valence-electron chi connectivity index (χ1n) is 9.10. The van der Waals surface area contributed by atoms with Gasteiger partial charge in [0.2, 0.25) is 5.91 Å². The van der Waals surface area contributed by atoms with E-state index >= 15 is 0 Å². The summed E-state index contributed by atoms with van der Waals surface area (Å²) in [6.07, 6.45) is 3.50. The van der Waals surface area contributed by atoms with Crippen LogP contribution in [0.3, 0.4) is 0 Å². The maximum Gasteiger partial charge on any atom is 0.246 e. The van der Waals surface area contributed by atoms with Gasteiger partial charge in [0.15, 0.2) is 0 Å². The summed E-state index contributed by atoms with van der Waals surface area (Å²) in [5, 5.41) is 4.63. The molecule has 0 aliphatic heterocycles. The van der Waals surface area contributed by atoms with Gasteiger partial charge in [-0.15, -0.1) is 0 Å². The highest BCUT2D eigenvalue weighted by atomic mass is 16.2. The van der Waals surface area contributed by atoms with Crippen LogP contribution in [0.4, 0.5) is 0 Å². The Morgan fingerprint density at radius 3 is 2.26 bits per heavy atom. The molecule has 27 heavy (non-hydrogen) atoms. The predicted octanol–water partition coefficient (Wildman–Crippen LogP) is 4.72. The Bertz CT molecular complexity index is 943. The van der Waals surface area contributed by atoms with Crippen molar-refractivity contribution in [2.24, 2.45) is 0 Å². The number of hydrogen-bond acceptors (Lipinski definition) is 2. The van der Waals surface area contributed by atoms with Crippen molar-refractivity contribution in [3.63, 3.8) is 0 Å². The van der Waals surface area contributed by atoms with E-state index in [4.69, 9.17) is 0 Å². The summed E-state index contributed by atoms with van der Waals surface area (Å²) in [6.45, 7) is 6.02. The van der Waals surface area contributed by atoms with Gasteiger partial charge in [0.1, 0.15) is 0 Å². The molecule has 0 bridgehead atoms. The van der Waals surface area contributed by atoms with Crippen molar-refractivity contribution in [1.82, 2.24) is 14.7 Å². The van der Waals surface area contributed by atoms with E-state index in [0.717, 1.165) is 28.2 Å². The normalized spacial score (nSPS) is 12.3. The quantitative estimate of drug-likeness (QED) is 0.618. The molecule has 3 aromatic rings. The number of rotatable bonds is 5. The van der Waals surface area contributed by atoms with E-state index in [9.17, 15) is 4.79 Å². The summed E-state index contributed by atoms with van der Waals surface area (Å²) in [5.74, 6) is -0.0300. The third-order valence-corrected chi connectivity index (χ3v) is 4.95. The standard InChI is InChI=1S/C23H25N3O/c1-17-22(19(3)26(24-17)21-13-9-6-10-14-21)15-16-23(27)25(4)18(2)20-11-7-5-8-12-20/h5-16,18H,1-4H3/b16-15+. The number of benzene rings is 2. The number of carbonyl (C=O) groups excluding carboxylic acids is 1. The number of para-hydroxylation sites is 1. The number of likely N-dealkylation sites (N-methyl/N-ethyl adjacent to an activating group) is 1. The van der Waals surface area contributed by atoms with E-state index in [0.29, 0.717) is 0 Å². The molecule has 0 spiro atoms. The Morgan fingerprint density at radius 2 is 1.63 bits per heavy atom. The number of aromatic nitrogens is 2. The second-order valence-electron chi connectivity index (χ2n) is 6.70. The van der Waals surface area contributed by atoms with Gasteiger partial charge < -0.3 is 4.90 Å². The van der Waals surface area contributed by atoms with Gasteiger partial charge in [-0.3, -0.25) is 4.79 Å². The van der Waals surface area contributed by atoms with E-state index in [2.05, 4.69) is 5.10 Å². The van der Waals surface area contributed by atoms with Crippen molar-refractivity contribution in [3.8, 4) is 5.69 Å². The van der Waals surface area contributed by atoms with Crippen molar-refractivity contribution in [3.05, 3.63) is 89.3 Å². The van der Waals surface area contributed by atoms with Crippen molar-refractivity contribution in [1.29, 1.82) is 0 Å². The Labute approximate surface area is 160 Å². The molecule has 4 heteroatoms. The van der Waals surface area contributed by atoms with Crippen LogP contribution >= 0.6 is 0 Å². The first kappa shape index (κ1) is 18.6. The summed E-state index contributed by atoms with van der Waals surface area (Å²) < 4.78 is 1.91. The summed E-state index contributed by atoms with van der Waals surface area (Å²) in [4.78, 5) is 14.4. The smallest absolute Gasteiger partial charge is 0.246 e. The van der Waals surface area contributed by atoms with Crippen LogP contribution in [-0.2, 0) is 4.79 Å².